The van der Waals surface area contributed by atoms with Crippen LogP contribution in [0.5, 0.6) is 0 Å². The second kappa shape index (κ2) is 11.2. The van der Waals surface area contributed by atoms with Gasteiger partial charge in [0.1, 0.15) is 5.82 Å². The molecule has 13 heteroatoms. The van der Waals surface area contributed by atoms with Crippen LogP contribution in [0.4, 0.5) is 23.1 Å². The largest absolute Gasteiger partial charge is 0.340 e. The maximum atomic E-state index is 13.2. The summed E-state index contributed by atoms with van der Waals surface area (Å²) >= 11 is 0. The van der Waals surface area contributed by atoms with E-state index in [2.05, 4.69) is 30.2 Å². The van der Waals surface area contributed by atoms with Crippen LogP contribution < -0.4 is 15.4 Å². The third-order valence-electron chi connectivity index (χ3n) is 6.01. The van der Waals surface area contributed by atoms with Crippen LogP contribution in [0.1, 0.15) is 26.3 Å². The zero-order valence-corrected chi connectivity index (χ0v) is 24.4. The van der Waals surface area contributed by atoms with Crippen LogP contribution in [0, 0.1) is 6.92 Å². The van der Waals surface area contributed by atoms with E-state index < -0.39 is 25.6 Å². The van der Waals surface area contributed by atoms with Gasteiger partial charge in [-0.2, -0.15) is 9.29 Å². The Kier molecular flexibility index (Phi) is 8.28. The lowest BCUT2D eigenvalue weighted by Gasteiger charge is -2.31. The van der Waals surface area contributed by atoms with Gasteiger partial charge in [0.25, 0.3) is 0 Å². The van der Waals surface area contributed by atoms with Gasteiger partial charge in [-0.05, 0) is 71.1 Å². The van der Waals surface area contributed by atoms with Gasteiger partial charge in [-0.25, -0.2) is 26.5 Å². The molecule has 1 saturated heterocycles. The van der Waals surface area contributed by atoms with Crippen molar-refractivity contribution < 1.29 is 16.8 Å². The van der Waals surface area contributed by atoms with Gasteiger partial charge < -0.3 is 15.5 Å². The Labute approximate surface area is 230 Å². The topological polar surface area (TPSA) is 137 Å². The Morgan fingerprint density at radius 1 is 0.846 bits per heavy atom. The molecule has 1 fully saturated rings. The number of aromatic nitrogens is 2. The van der Waals surface area contributed by atoms with Gasteiger partial charge in [0.15, 0.2) is 0 Å². The molecule has 3 N–H and O–H groups in total. The van der Waals surface area contributed by atoms with Gasteiger partial charge in [0.2, 0.25) is 26.0 Å². The quantitative estimate of drug-likeness (QED) is 0.371. The predicted octanol–water partition coefficient (Wildman–Crippen LogP) is 3.29. The van der Waals surface area contributed by atoms with E-state index in [9.17, 15) is 16.8 Å². The number of hydrogen-bond acceptors (Lipinski definition) is 9. The molecule has 0 radical (unpaired) electrons. The van der Waals surface area contributed by atoms with Gasteiger partial charge in [0.05, 0.1) is 9.79 Å². The number of piperazine rings is 1. The molecule has 2 aromatic carbocycles. The first kappa shape index (κ1) is 28.9. The lowest BCUT2D eigenvalue weighted by atomic mass is 10.1. The predicted molar refractivity (Wildman–Crippen MR) is 153 cm³/mol. The molecule has 4 rings (SSSR count). The van der Waals surface area contributed by atoms with Gasteiger partial charge in [0, 0.05) is 54.9 Å². The van der Waals surface area contributed by atoms with Crippen LogP contribution in [0.3, 0.4) is 0 Å². The second-order valence-corrected chi connectivity index (χ2v) is 14.2. The number of sulfonamides is 2. The SMILES string of the molecule is Cc1cnc(Nc2cccc(S(=O)(=O)N3CCN(C)CC3)c2)nc1Nc1cccc(S(=O)(=O)NC(C)(C)C)c1. The van der Waals surface area contributed by atoms with Crippen LogP contribution in [-0.2, 0) is 20.0 Å². The van der Waals surface area contributed by atoms with Crippen LogP contribution in [0.2, 0.25) is 0 Å². The first-order valence-corrected chi connectivity index (χ1v) is 15.5. The molecular weight excluding hydrogens is 538 g/mol. The van der Waals surface area contributed by atoms with Crippen molar-refractivity contribution in [2.75, 3.05) is 43.9 Å². The Hall–Kier alpha value is -3.10. The normalized spacial score (nSPS) is 15.7. The van der Waals surface area contributed by atoms with Crippen molar-refractivity contribution >= 4 is 43.2 Å². The van der Waals surface area contributed by atoms with Gasteiger partial charge in [-0.1, -0.05) is 12.1 Å². The molecule has 39 heavy (non-hydrogen) atoms. The number of anilines is 4. The lowest BCUT2D eigenvalue weighted by Crippen LogP contribution is -2.47. The Morgan fingerprint density at radius 2 is 1.44 bits per heavy atom. The fourth-order valence-electron chi connectivity index (χ4n) is 4.01. The standard InChI is InChI=1S/C26H35N7O4S2/c1-19-18-27-25(29-21-9-7-11-23(17-21)39(36,37)33-14-12-32(5)13-15-33)30-24(19)28-20-8-6-10-22(16-20)38(34,35)31-26(2,3)4/h6-11,16-18,31H,12-15H2,1-5H3,(H2,27,28,29,30). The first-order valence-electron chi connectivity index (χ1n) is 12.5. The lowest BCUT2D eigenvalue weighted by molar-refractivity contribution is 0.222. The minimum absolute atomic E-state index is 0.130. The highest BCUT2D eigenvalue weighted by atomic mass is 32.2. The summed E-state index contributed by atoms with van der Waals surface area (Å²) in [6.07, 6.45) is 1.63. The molecule has 0 unspecified atom stereocenters. The Bertz CT molecular complexity index is 1550. The molecule has 0 spiro atoms. The van der Waals surface area contributed by atoms with E-state index in [-0.39, 0.29) is 15.7 Å². The van der Waals surface area contributed by atoms with E-state index in [0.717, 1.165) is 5.56 Å². The van der Waals surface area contributed by atoms with Crippen molar-refractivity contribution in [1.29, 1.82) is 0 Å². The molecule has 2 heterocycles. The van der Waals surface area contributed by atoms with Crippen molar-refractivity contribution in [3.63, 3.8) is 0 Å². The molecule has 0 aliphatic carbocycles. The number of nitrogens with one attached hydrogen (secondary N) is 3. The summed E-state index contributed by atoms with van der Waals surface area (Å²) < 4.78 is 56.0. The first-order chi connectivity index (χ1) is 18.2. The second-order valence-electron chi connectivity index (χ2n) is 10.6. The van der Waals surface area contributed by atoms with Crippen molar-refractivity contribution in [2.45, 2.75) is 43.0 Å². The number of likely N-dealkylation sites (N-methyl/N-ethyl adjacent to an activating group) is 1. The highest BCUT2D eigenvalue weighted by Crippen LogP contribution is 2.25. The Balaban J connectivity index is 1.53. The van der Waals surface area contributed by atoms with E-state index in [0.29, 0.717) is 43.4 Å². The molecule has 3 aromatic rings. The smallest absolute Gasteiger partial charge is 0.243 e. The number of hydrogen-bond donors (Lipinski definition) is 3. The third-order valence-corrected chi connectivity index (χ3v) is 9.66. The van der Waals surface area contributed by atoms with Crippen LogP contribution in [0.15, 0.2) is 64.5 Å². The van der Waals surface area contributed by atoms with Crippen molar-refractivity contribution in [1.82, 2.24) is 23.9 Å². The summed E-state index contributed by atoms with van der Waals surface area (Å²) in [5, 5.41) is 6.25. The van der Waals surface area contributed by atoms with Gasteiger partial charge >= 0.3 is 0 Å². The van der Waals surface area contributed by atoms with Gasteiger partial charge in [-0.15, -0.1) is 0 Å². The molecule has 11 nitrogen and oxygen atoms in total. The molecule has 1 aromatic heterocycles. The molecular formula is C26H35N7O4S2. The van der Waals surface area contributed by atoms with E-state index in [1.54, 1.807) is 63.4 Å². The minimum atomic E-state index is -3.71. The van der Waals surface area contributed by atoms with Crippen molar-refractivity contribution in [3.8, 4) is 0 Å². The van der Waals surface area contributed by atoms with Crippen LogP contribution in [0.25, 0.3) is 0 Å². The summed E-state index contributed by atoms with van der Waals surface area (Å²) in [5.41, 5.74) is 1.20. The average molecular weight is 574 g/mol. The summed E-state index contributed by atoms with van der Waals surface area (Å²) in [6.45, 7) is 9.44. The zero-order valence-electron chi connectivity index (χ0n) is 22.8. The molecule has 0 bridgehead atoms. The fourth-order valence-corrected chi connectivity index (χ4v) is 6.94. The fraction of sp³-hybridized carbons (Fsp3) is 0.385. The Morgan fingerprint density at radius 3 is 2.08 bits per heavy atom. The molecule has 210 valence electrons. The number of benzene rings is 2. The summed E-state index contributed by atoms with van der Waals surface area (Å²) in [6, 6.07) is 13.0. The molecule has 1 aliphatic rings. The van der Waals surface area contributed by atoms with E-state index in [1.165, 1.54) is 16.4 Å². The number of nitrogens with zero attached hydrogens (tertiary/aromatic N) is 4. The summed E-state index contributed by atoms with van der Waals surface area (Å²) in [5.74, 6) is 0.738. The van der Waals surface area contributed by atoms with Crippen molar-refractivity contribution in [2.24, 2.45) is 0 Å². The maximum Gasteiger partial charge on any atom is 0.243 e. The van der Waals surface area contributed by atoms with Crippen LogP contribution >= 0.6 is 0 Å². The number of aryl methyl sites for hydroxylation is 1. The number of rotatable bonds is 8. The average Bonchev–Trinajstić information content (AvgIpc) is 2.85. The van der Waals surface area contributed by atoms with E-state index in [4.69, 9.17) is 0 Å². The summed E-state index contributed by atoms with van der Waals surface area (Å²) in [4.78, 5) is 11.3. The molecule has 0 saturated carbocycles. The van der Waals surface area contributed by atoms with Gasteiger partial charge in [-0.3, -0.25) is 0 Å². The molecule has 0 atom stereocenters. The van der Waals surface area contributed by atoms with Crippen LogP contribution in [-0.4, -0.2) is 74.8 Å². The minimum Gasteiger partial charge on any atom is -0.340 e. The molecule has 0 amide bonds. The van der Waals surface area contributed by atoms with E-state index >= 15 is 0 Å². The monoisotopic (exact) mass is 573 g/mol. The summed E-state index contributed by atoms with van der Waals surface area (Å²) in [7, 11) is -5.36. The zero-order chi connectivity index (χ0) is 28.4. The maximum absolute atomic E-state index is 13.2. The highest BCUT2D eigenvalue weighted by Gasteiger charge is 2.27. The van der Waals surface area contributed by atoms with Crippen molar-refractivity contribution in [3.05, 3.63) is 60.3 Å². The van der Waals surface area contributed by atoms with E-state index in [1.807, 2.05) is 14.0 Å². The highest BCUT2D eigenvalue weighted by molar-refractivity contribution is 7.89. The molecule has 1 aliphatic heterocycles. The third kappa shape index (κ3) is 7.31.